The maximum atomic E-state index is 12.4. The molecule has 0 radical (unpaired) electrons. The highest BCUT2D eigenvalue weighted by Crippen LogP contribution is 2.12. The summed E-state index contributed by atoms with van der Waals surface area (Å²) in [4.78, 5) is 36.3. The third-order valence-corrected chi connectivity index (χ3v) is 6.02. The van der Waals surface area contributed by atoms with Crippen LogP contribution in [0.3, 0.4) is 0 Å². The highest BCUT2D eigenvalue weighted by atomic mass is 16.3. The van der Waals surface area contributed by atoms with Crippen molar-refractivity contribution in [2.45, 2.75) is 45.3 Å². The van der Waals surface area contributed by atoms with Crippen LogP contribution in [0.4, 0.5) is 5.69 Å². The Kier molecular flexibility index (Phi) is 11.2. The molecule has 40 heavy (non-hydrogen) atoms. The highest BCUT2D eigenvalue weighted by molar-refractivity contribution is 5.98. The smallest absolute Gasteiger partial charge is 0.251 e. The fourth-order valence-corrected chi connectivity index (χ4v) is 3.89. The van der Waals surface area contributed by atoms with Gasteiger partial charge in [0.1, 0.15) is 12.6 Å². The van der Waals surface area contributed by atoms with E-state index in [9.17, 15) is 19.5 Å². The molecule has 0 heterocycles. The quantitative estimate of drug-likeness (QED) is 0.297. The van der Waals surface area contributed by atoms with Crippen molar-refractivity contribution < 1.29 is 24.6 Å². The van der Waals surface area contributed by atoms with E-state index < -0.39 is 30.4 Å². The Labute approximate surface area is 234 Å². The van der Waals surface area contributed by atoms with Gasteiger partial charge in [0.15, 0.2) is 5.78 Å². The summed E-state index contributed by atoms with van der Waals surface area (Å²) in [6.45, 7) is 2.64. The van der Waals surface area contributed by atoms with Crippen molar-refractivity contribution in [2.75, 3.05) is 11.9 Å². The number of aliphatic hydroxyl groups excluding tert-OH is 2. The molecule has 0 unspecified atom stereocenters. The summed E-state index contributed by atoms with van der Waals surface area (Å²) in [5, 5.41) is 24.0. The zero-order valence-corrected chi connectivity index (χ0v) is 22.5. The number of rotatable bonds is 10. The van der Waals surface area contributed by atoms with Crippen molar-refractivity contribution in [3.05, 3.63) is 101 Å². The number of hydrogen-bond acceptors (Lipinski definition) is 5. The molecule has 0 saturated heterocycles. The molecule has 3 rings (SSSR count). The third kappa shape index (κ3) is 9.56. The Morgan fingerprint density at radius 2 is 1.52 bits per heavy atom. The predicted octanol–water partition coefficient (Wildman–Crippen LogP) is 3.40. The van der Waals surface area contributed by atoms with E-state index in [1.807, 2.05) is 18.2 Å². The number of benzene rings is 3. The van der Waals surface area contributed by atoms with Crippen LogP contribution in [-0.2, 0) is 16.0 Å². The van der Waals surface area contributed by atoms with Crippen molar-refractivity contribution in [3.8, 4) is 23.7 Å². The van der Waals surface area contributed by atoms with Gasteiger partial charge in [-0.05, 0) is 92.6 Å². The molecule has 7 heteroatoms. The molecule has 0 aromatic heterocycles. The molecule has 2 amide bonds. The normalized spacial score (nSPS) is 11.6. The Balaban J connectivity index is 1.48. The van der Waals surface area contributed by atoms with E-state index >= 15 is 0 Å². The van der Waals surface area contributed by atoms with Gasteiger partial charge in [-0.2, -0.15) is 0 Å². The first kappa shape index (κ1) is 29.9. The van der Waals surface area contributed by atoms with E-state index in [4.69, 9.17) is 5.11 Å². The second-order valence-electron chi connectivity index (χ2n) is 9.36. The molecular formula is C33H32N2O5. The first-order valence-electron chi connectivity index (χ1n) is 12.9. The number of nitrogens with one attached hydrogen (secondary N) is 2. The summed E-state index contributed by atoms with van der Waals surface area (Å²) in [6.07, 6.45) is 0.953. The lowest BCUT2D eigenvalue weighted by molar-refractivity contribution is -0.126. The van der Waals surface area contributed by atoms with E-state index in [2.05, 4.69) is 59.4 Å². The van der Waals surface area contributed by atoms with Crippen LogP contribution >= 0.6 is 0 Å². The topological polar surface area (TPSA) is 116 Å². The predicted molar refractivity (Wildman–Crippen MR) is 154 cm³/mol. The zero-order valence-electron chi connectivity index (χ0n) is 22.5. The number of carbonyl (C=O) groups excluding carboxylic acids is 3. The van der Waals surface area contributed by atoms with Crippen LogP contribution in [-0.4, -0.2) is 46.6 Å². The summed E-state index contributed by atoms with van der Waals surface area (Å²) in [5.41, 5.74) is 4.84. The van der Waals surface area contributed by atoms with Crippen LogP contribution in [0, 0.1) is 30.6 Å². The van der Waals surface area contributed by atoms with Crippen LogP contribution in [0.5, 0.6) is 0 Å². The molecule has 0 aliphatic rings. The minimum atomic E-state index is -1.19. The number of Topliss-reactive ketones (excluding diaryl/α,β-unsaturated/α-hetero) is 1. The number of hydrogen-bond donors (Lipinski definition) is 4. The van der Waals surface area contributed by atoms with Gasteiger partial charge in [0.2, 0.25) is 5.91 Å². The van der Waals surface area contributed by atoms with E-state index in [1.165, 1.54) is 18.1 Å². The summed E-state index contributed by atoms with van der Waals surface area (Å²) < 4.78 is 0. The summed E-state index contributed by atoms with van der Waals surface area (Å²) in [7, 11) is 0. The Morgan fingerprint density at radius 1 is 0.900 bits per heavy atom. The van der Waals surface area contributed by atoms with Gasteiger partial charge < -0.3 is 20.8 Å². The summed E-state index contributed by atoms with van der Waals surface area (Å²) >= 11 is 0. The number of ketones is 1. The van der Waals surface area contributed by atoms with Crippen molar-refractivity contribution in [1.29, 1.82) is 0 Å². The van der Waals surface area contributed by atoms with E-state index in [0.717, 1.165) is 18.4 Å². The van der Waals surface area contributed by atoms with Gasteiger partial charge in [0.05, 0.1) is 6.10 Å². The molecule has 3 aromatic rings. The molecule has 204 valence electrons. The molecule has 0 saturated carbocycles. The lowest BCUT2D eigenvalue weighted by Crippen LogP contribution is -2.48. The summed E-state index contributed by atoms with van der Waals surface area (Å²) in [6, 6.07) is 20.7. The monoisotopic (exact) mass is 536 g/mol. The van der Waals surface area contributed by atoms with Crippen LogP contribution < -0.4 is 10.6 Å². The van der Waals surface area contributed by atoms with Gasteiger partial charge in [-0.15, -0.1) is 0 Å². The second-order valence-corrected chi connectivity index (χ2v) is 9.36. The number of aryl methyl sites for hydroxylation is 2. The van der Waals surface area contributed by atoms with Gasteiger partial charge in [-0.1, -0.05) is 41.7 Å². The molecule has 0 spiro atoms. The molecule has 4 N–H and O–H groups in total. The second kappa shape index (κ2) is 15.0. The largest absolute Gasteiger partial charge is 0.391 e. The summed E-state index contributed by atoms with van der Waals surface area (Å²) in [5.74, 6) is 10.2. The molecule has 0 bridgehead atoms. The maximum absolute atomic E-state index is 12.4. The van der Waals surface area contributed by atoms with E-state index in [1.54, 1.807) is 36.4 Å². The first-order valence-corrected chi connectivity index (χ1v) is 12.9. The van der Waals surface area contributed by atoms with E-state index in [0.29, 0.717) is 17.7 Å². The molecule has 0 fully saturated rings. The average Bonchev–Trinajstić information content (AvgIpc) is 2.94. The van der Waals surface area contributed by atoms with Crippen LogP contribution in [0.25, 0.3) is 0 Å². The fourth-order valence-electron chi connectivity index (χ4n) is 3.89. The molecular weight excluding hydrogens is 504 g/mol. The number of anilines is 1. The van der Waals surface area contributed by atoms with E-state index in [-0.39, 0.29) is 11.5 Å². The molecule has 0 aliphatic carbocycles. The van der Waals surface area contributed by atoms with Crippen LogP contribution in [0.15, 0.2) is 72.8 Å². The van der Waals surface area contributed by atoms with Gasteiger partial charge in [0.25, 0.3) is 5.91 Å². The fraction of sp³-hybridized carbons (Fsp3) is 0.242. The minimum absolute atomic E-state index is 0.0257. The lowest BCUT2D eigenvalue weighted by atomic mass is 10.1. The van der Waals surface area contributed by atoms with Crippen molar-refractivity contribution >= 4 is 23.3 Å². The number of amides is 2. The molecule has 0 aliphatic heterocycles. The average molecular weight is 537 g/mol. The van der Waals surface area contributed by atoms with Gasteiger partial charge >= 0.3 is 0 Å². The Morgan fingerprint density at radius 3 is 2.10 bits per heavy atom. The highest BCUT2D eigenvalue weighted by Gasteiger charge is 2.25. The molecule has 2 atom stereocenters. The molecule has 3 aromatic carbocycles. The van der Waals surface area contributed by atoms with Crippen molar-refractivity contribution in [2.24, 2.45) is 0 Å². The minimum Gasteiger partial charge on any atom is -0.391 e. The van der Waals surface area contributed by atoms with Crippen molar-refractivity contribution in [3.63, 3.8) is 0 Å². The van der Waals surface area contributed by atoms with Crippen LogP contribution in [0.2, 0.25) is 0 Å². The van der Waals surface area contributed by atoms with Crippen molar-refractivity contribution in [1.82, 2.24) is 5.32 Å². The first-order chi connectivity index (χ1) is 19.2. The maximum Gasteiger partial charge on any atom is 0.251 e. The van der Waals surface area contributed by atoms with Crippen LogP contribution in [0.1, 0.15) is 52.4 Å². The SMILES string of the molecule is Cc1cccc(CCCC(=O)Nc2ccc(C#CC#Cc3ccc(C(=O)N[C@H](C(=O)CO)[C@@H](C)O)cc3)cc2)c1. The number of aliphatic hydroxyl groups is 2. The standard InChI is InChI=1S/C33H32N2O5/c1-23-7-5-10-27(21-23)11-6-12-31(39)34-29-19-15-26(16-20-29)9-4-3-8-25-13-17-28(18-14-25)33(40)35-32(24(2)37)30(38)22-36/h5,7,10,13-21,24,32,36-37H,6,11-12,22H2,1-2H3,(H,34,39)(H,35,40)/t24-,32+/m1/s1. The number of carbonyl (C=O) groups is 3. The Bertz CT molecular complexity index is 1450. The van der Waals surface area contributed by atoms with Gasteiger partial charge in [-0.3, -0.25) is 14.4 Å². The lowest BCUT2D eigenvalue weighted by Gasteiger charge is -2.19. The van der Waals surface area contributed by atoms with Gasteiger partial charge in [-0.25, -0.2) is 0 Å². The Hall–Kier alpha value is -4.69. The van der Waals surface area contributed by atoms with Gasteiger partial charge in [0, 0.05) is 28.8 Å². The third-order valence-electron chi connectivity index (χ3n) is 6.02. The zero-order chi connectivity index (χ0) is 28.9. The molecule has 7 nitrogen and oxygen atoms in total.